The molecule has 2 fully saturated rings. The van der Waals surface area contributed by atoms with Crippen molar-refractivity contribution in [3.63, 3.8) is 0 Å². The van der Waals surface area contributed by atoms with Gasteiger partial charge in [-0.15, -0.1) is 0 Å². The molecule has 1 heterocycles. The Morgan fingerprint density at radius 3 is 2.14 bits per heavy atom. The number of benzene rings is 2. The Hall–Kier alpha value is -1.55. The van der Waals surface area contributed by atoms with E-state index in [-0.39, 0.29) is 0 Å². The third-order valence-corrected chi connectivity index (χ3v) is 13.0. The van der Waals surface area contributed by atoms with Crippen LogP contribution >= 0.6 is 0 Å². The highest BCUT2D eigenvalue weighted by Gasteiger charge is 2.44. The van der Waals surface area contributed by atoms with Crippen molar-refractivity contribution in [2.75, 3.05) is 0 Å². The second-order valence-corrected chi connectivity index (χ2v) is 15.3. The molecule has 0 unspecified atom stereocenters. The third-order valence-electron chi connectivity index (χ3n) is 9.56. The fraction of sp³-hybridized carbons (Fsp3) is 0.625. The second-order valence-electron chi connectivity index (χ2n) is 11.8. The van der Waals surface area contributed by atoms with Crippen LogP contribution in [0.4, 0.5) is 13.2 Å². The van der Waals surface area contributed by atoms with E-state index in [4.69, 9.17) is 0 Å². The van der Waals surface area contributed by atoms with E-state index in [0.717, 1.165) is 36.8 Å². The standard InChI is InChI=1S/C32H45F3Si/c1-2-3-9-20-36-21-18-32(19-22-36,27-12-5-4-6-13-27)28-16-14-25(15-17-28)10-7-8-11-26-23-29(33)31(35)30(34)24-26/h4-6,12-13,23-25,28,36H,2-3,7-11,14-22H2,1H3. The molecule has 0 radical (unpaired) electrons. The molecule has 0 aromatic heterocycles. The van der Waals surface area contributed by atoms with Gasteiger partial charge in [-0.2, -0.15) is 0 Å². The van der Waals surface area contributed by atoms with Crippen LogP contribution in [0.3, 0.4) is 0 Å². The monoisotopic (exact) mass is 514 g/mol. The molecule has 36 heavy (non-hydrogen) atoms. The smallest absolute Gasteiger partial charge is 0.194 e. The van der Waals surface area contributed by atoms with Gasteiger partial charge >= 0.3 is 0 Å². The van der Waals surface area contributed by atoms with Crippen LogP contribution in [0, 0.1) is 29.3 Å². The van der Waals surface area contributed by atoms with Crippen LogP contribution in [0.15, 0.2) is 42.5 Å². The summed E-state index contributed by atoms with van der Waals surface area (Å²) in [5.74, 6) is -1.93. The van der Waals surface area contributed by atoms with Crippen molar-refractivity contribution in [1.29, 1.82) is 0 Å². The van der Waals surface area contributed by atoms with Crippen molar-refractivity contribution in [3.05, 3.63) is 71.0 Å². The lowest BCUT2D eigenvalue weighted by Crippen LogP contribution is -2.42. The van der Waals surface area contributed by atoms with Crippen LogP contribution < -0.4 is 0 Å². The summed E-state index contributed by atoms with van der Waals surface area (Å²) < 4.78 is 40.1. The van der Waals surface area contributed by atoms with Gasteiger partial charge in [0.2, 0.25) is 0 Å². The molecule has 4 heteroatoms. The Kier molecular flexibility index (Phi) is 10.2. The number of hydrogen-bond acceptors (Lipinski definition) is 0. The Balaban J connectivity index is 1.27. The molecule has 198 valence electrons. The van der Waals surface area contributed by atoms with Gasteiger partial charge in [-0.05, 0) is 79.0 Å². The lowest BCUT2D eigenvalue weighted by molar-refractivity contribution is 0.149. The maximum absolute atomic E-state index is 13.5. The first-order chi connectivity index (χ1) is 17.5. The fourth-order valence-electron chi connectivity index (χ4n) is 7.39. The molecule has 0 nitrogen and oxygen atoms in total. The van der Waals surface area contributed by atoms with E-state index in [0.29, 0.717) is 17.4 Å². The van der Waals surface area contributed by atoms with E-state index in [1.807, 2.05) is 0 Å². The van der Waals surface area contributed by atoms with Crippen molar-refractivity contribution in [1.82, 2.24) is 0 Å². The van der Waals surface area contributed by atoms with Crippen molar-refractivity contribution in [2.24, 2.45) is 11.8 Å². The quantitative estimate of drug-likeness (QED) is 0.159. The van der Waals surface area contributed by atoms with Crippen LogP contribution in [0.2, 0.25) is 18.1 Å². The number of unbranched alkanes of at least 4 members (excludes halogenated alkanes) is 3. The Morgan fingerprint density at radius 2 is 1.50 bits per heavy atom. The zero-order chi connectivity index (χ0) is 25.4. The van der Waals surface area contributed by atoms with E-state index >= 15 is 0 Å². The zero-order valence-corrected chi connectivity index (χ0v) is 23.4. The molecule has 2 aromatic rings. The lowest BCUT2D eigenvalue weighted by Gasteiger charge is -2.48. The van der Waals surface area contributed by atoms with Crippen molar-refractivity contribution >= 4 is 8.80 Å². The van der Waals surface area contributed by atoms with Gasteiger partial charge < -0.3 is 0 Å². The van der Waals surface area contributed by atoms with Crippen LogP contribution in [-0.4, -0.2) is 8.80 Å². The van der Waals surface area contributed by atoms with Crippen LogP contribution in [0.5, 0.6) is 0 Å². The van der Waals surface area contributed by atoms with E-state index in [9.17, 15) is 13.2 Å². The highest BCUT2D eigenvalue weighted by Crippen LogP contribution is 2.52. The van der Waals surface area contributed by atoms with Crippen molar-refractivity contribution < 1.29 is 13.2 Å². The van der Waals surface area contributed by atoms with Gasteiger partial charge in [0.25, 0.3) is 0 Å². The van der Waals surface area contributed by atoms with Crippen LogP contribution in [0.25, 0.3) is 0 Å². The SMILES string of the molecule is CCCCC[SiH]1CCC(c2ccccc2)(C2CCC(CCCCc3cc(F)c(F)c(F)c3)CC2)CC1. The molecule has 1 aliphatic heterocycles. The molecule has 0 amide bonds. The minimum Gasteiger partial charge on any atom is -0.204 e. The average molecular weight is 515 g/mol. The molecular formula is C32H45F3Si. The number of aryl methyl sites for hydroxylation is 1. The molecule has 2 aliphatic rings. The number of rotatable bonds is 11. The first-order valence-electron chi connectivity index (χ1n) is 14.7. The van der Waals surface area contributed by atoms with Gasteiger partial charge in [-0.1, -0.05) is 100 Å². The lowest BCUT2D eigenvalue weighted by atomic mass is 9.60. The summed E-state index contributed by atoms with van der Waals surface area (Å²) in [5.41, 5.74) is 2.57. The van der Waals surface area contributed by atoms with Crippen molar-refractivity contribution in [2.45, 2.75) is 114 Å². The summed E-state index contributed by atoms with van der Waals surface area (Å²) in [7, 11) is -0.553. The van der Waals surface area contributed by atoms with Crippen LogP contribution in [-0.2, 0) is 11.8 Å². The van der Waals surface area contributed by atoms with E-state index < -0.39 is 26.2 Å². The maximum atomic E-state index is 13.5. The number of hydrogen-bond donors (Lipinski definition) is 0. The fourth-order valence-corrected chi connectivity index (χ4v) is 11.0. The molecule has 0 atom stereocenters. The van der Waals surface area contributed by atoms with E-state index in [2.05, 4.69) is 37.3 Å². The largest absolute Gasteiger partial charge is 0.204 e. The summed E-state index contributed by atoms with van der Waals surface area (Å²) in [5, 5.41) is 0. The summed E-state index contributed by atoms with van der Waals surface area (Å²) in [6.07, 6.45) is 16.2. The first kappa shape index (κ1) is 27.5. The summed E-state index contributed by atoms with van der Waals surface area (Å²) in [6, 6.07) is 18.4. The minimum atomic E-state index is -1.36. The van der Waals surface area contributed by atoms with E-state index in [1.165, 1.54) is 76.3 Å². The normalized spacial score (nSPS) is 26.7. The number of halogens is 3. The molecular weight excluding hydrogens is 469 g/mol. The van der Waals surface area contributed by atoms with E-state index in [1.54, 1.807) is 11.6 Å². The topological polar surface area (TPSA) is 0 Å². The molecule has 1 saturated carbocycles. The first-order valence-corrected chi connectivity index (χ1v) is 17.2. The molecule has 1 aliphatic carbocycles. The average Bonchev–Trinajstić information content (AvgIpc) is 2.91. The Morgan fingerprint density at radius 1 is 0.833 bits per heavy atom. The zero-order valence-electron chi connectivity index (χ0n) is 22.2. The van der Waals surface area contributed by atoms with Gasteiger partial charge in [0, 0.05) is 8.80 Å². The highest BCUT2D eigenvalue weighted by atomic mass is 28.3. The van der Waals surface area contributed by atoms with Gasteiger partial charge in [0.05, 0.1) is 0 Å². The summed E-state index contributed by atoms with van der Waals surface area (Å²) in [6.45, 7) is 2.31. The van der Waals surface area contributed by atoms with Crippen molar-refractivity contribution in [3.8, 4) is 0 Å². The molecule has 2 aromatic carbocycles. The molecule has 1 saturated heterocycles. The molecule has 0 bridgehead atoms. The van der Waals surface area contributed by atoms with Gasteiger partial charge in [0.1, 0.15) is 0 Å². The molecule has 4 rings (SSSR count). The maximum Gasteiger partial charge on any atom is 0.194 e. The van der Waals surface area contributed by atoms with Gasteiger partial charge in [0.15, 0.2) is 17.5 Å². The highest BCUT2D eigenvalue weighted by molar-refractivity contribution is 6.59. The predicted molar refractivity (Wildman–Crippen MR) is 148 cm³/mol. The van der Waals surface area contributed by atoms with Crippen LogP contribution in [0.1, 0.15) is 95.1 Å². The third kappa shape index (κ3) is 6.85. The Labute approximate surface area is 218 Å². The Bertz CT molecular complexity index is 905. The molecule has 0 N–H and O–H groups in total. The van der Waals surface area contributed by atoms with Gasteiger partial charge in [-0.3, -0.25) is 0 Å². The minimum absolute atomic E-state index is 0.400. The summed E-state index contributed by atoms with van der Waals surface area (Å²) in [4.78, 5) is 0. The summed E-state index contributed by atoms with van der Waals surface area (Å²) >= 11 is 0. The van der Waals surface area contributed by atoms with Gasteiger partial charge in [-0.25, -0.2) is 13.2 Å². The second kappa shape index (κ2) is 13.3. The molecule has 0 spiro atoms. The predicted octanol–water partition coefficient (Wildman–Crippen LogP) is 9.77.